The molecule has 0 aliphatic carbocycles. The van der Waals surface area contributed by atoms with E-state index in [2.05, 4.69) is 22.1 Å². The first kappa shape index (κ1) is 19.1. The van der Waals surface area contributed by atoms with E-state index in [-0.39, 0.29) is 11.1 Å². The van der Waals surface area contributed by atoms with E-state index in [9.17, 15) is 4.39 Å². The summed E-state index contributed by atoms with van der Waals surface area (Å²) in [4.78, 5) is 4.09. The Hall–Kier alpha value is -3.19. The van der Waals surface area contributed by atoms with Crippen LogP contribution >= 0.6 is 11.8 Å². The lowest BCUT2D eigenvalue weighted by atomic mass is 10.2. The van der Waals surface area contributed by atoms with Gasteiger partial charge >= 0.3 is 0 Å². The number of pyridine rings is 1. The minimum Gasteiger partial charge on any atom is -0.497 e. The molecular weight excluding hydrogens is 387 g/mol. The molecule has 2 heterocycles. The minimum atomic E-state index is -0.243. The molecule has 0 spiro atoms. The van der Waals surface area contributed by atoms with Crippen LogP contribution in [0.4, 0.5) is 4.39 Å². The Labute approximate surface area is 172 Å². The molecule has 0 saturated carbocycles. The predicted octanol–water partition coefficient (Wildman–Crippen LogP) is 5.33. The minimum absolute atomic E-state index is 0.0714. The van der Waals surface area contributed by atoms with Crippen molar-refractivity contribution in [3.05, 3.63) is 84.4 Å². The van der Waals surface area contributed by atoms with Crippen LogP contribution in [-0.2, 0) is 0 Å². The first-order chi connectivity index (χ1) is 14.2. The molecule has 1 unspecified atom stereocenters. The van der Waals surface area contributed by atoms with Crippen molar-refractivity contribution < 1.29 is 9.13 Å². The van der Waals surface area contributed by atoms with Crippen molar-refractivity contribution in [2.24, 2.45) is 0 Å². The summed E-state index contributed by atoms with van der Waals surface area (Å²) >= 11 is 1.57. The fourth-order valence-corrected chi connectivity index (χ4v) is 3.95. The van der Waals surface area contributed by atoms with Gasteiger partial charge in [-0.2, -0.15) is 0 Å². The van der Waals surface area contributed by atoms with Gasteiger partial charge in [-0.15, -0.1) is 10.2 Å². The Bertz CT molecular complexity index is 1080. The number of thioether (sulfide) groups is 1. The molecule has 5 nitrogen and oxygen atoms in total. The Morgan fingerprint density at radius 3 is 2.28 bits per heavy atom. The highest BCUT2D eigenvalue weighted by molar-refractivity contribution is 7.99. The Balaban J connectivity index is 1.75. The van der Waals surface area contributed by atoms with Gasteiger partial charge in [0.15, 0.2) is 11.0 Å². The zero-order chi connectivity index (χ0) is 20.2. The largest absolute Gasteiger partial charge is 0.497 e. The Morgan fingerprint density at radius 1 is 0.931 bits per heavy atom. The van der Waals surface area contributed by atoms with Crippen molar-refractivity contribution >= 4 is 11.8 Å². The lowest BCUT2D eigenvalue weighted by molar-refractivity contribution is 0.414. The fraction of sp³-hybridized carbons (Fsp3) is 0.136. The van der Waals surface area contributed by atoms with E-state index in [0.29, 0.717) is 0 Å². The van der Waals surface area contributed by atoms with Crippen LogP contribution in [0.25, 0.3) is 17.1 Å². The summed E-state index contributed by atoms with van der Waals surface area (Å²) in [7, 11) is 1.64. The normalized spacial score (nSPS) is 12.0. The summed E-state index contributed by atoms with van der Waals surface area (Å²) in [5.74, 6) is 1.26. The van der Waals surface area contributed by atoms with Crippen molar-refractivity contribution in [3.8, 4) is 22.8 Å². The zero-order valence-electron chi connectivity index (χ0n) is 16.0. The van der Waals surface area contributed by atoms with E-state index in [1.54, 1.807) is 43.4 Å². The van der Waals surface area contributed by atoms with Gasteiger partial charge < -0.3 is 4.74 Å². The van der Waals surface area contributed by atoms with Gasteiger partial charge in [0.1, 0.15) is 11.6 Å². The summed E-state index contributed by atoms with van der Waals surface area (Å²) < 4.78 is 20.6. The number of methoxy groups -OCH3 is 1. The maximum atomic E-state index is 13.3. The maximum Gasteiger partial charge on any atom is 0.196 e. The third kappa shape index (κ3) is 4.14. The zero-order valence-corrected chi connectivity index (χ0v) is 16.8. The topological polar surface area (TPSA) is 52.8 Å². The highest BCUT2D eigenvalue weighted by Gasteiger charge is 2.19. The third-order valence-corrected chi connectivity index (χ3v) is 5.62. The number of rotatable bonds is 6. The molecule has 0 N–H and O–H groups in total. The quantitative estimate of drug-likeness (QED) is 0.405. The maximum absolute atomic E-state index is 13.3. The molecule has 0 fully saturated rings. The molecule has 4 rings (SSSR count). The molecule has 0 amide bonds. The molecule has 146 valence electrons. The smallest absolute Gasteiger partial charge is 0.196 e. The van der Waals surface area contributed by atoms with Gasteiger partial charge in [0.05, 0.1) is 7.11 Å². The lowest BCUT2D eigenvalue weighted by Crippen LogP contribution is -2.01. The standard InChI is InChI=1S/C22H19FN4OS/c1-15(16-3-5-18(23)6-4-16)29-22-26-25-21(17-11-13-24-14-12-17)27(22)19-7-9-20(28-2)10-8-19/h3-15H,1-2H3. The van der Waals surface area contributed by atoms with E-state index in [1.807, 2.05) is 41.0 Å². The second kappa shape index (κ2) is 8.45. The molecular formula is C22H19FN4OS. The molecule has 0 radical (unpaired) electrons. The summed E-state index contributed by atoms with van der Waals surface area (Å²) in [6.07, 6.45) is 3.46. The molecule has 0 saturated heterocycles. The second-order valence-corrected chi connectivity index (χ2v) is 7.70. The first-order valence-electron chi connectivity index (χ1n) is 9.08. The average Bonchev–Trinajstić information content (AvgIpc) is 3.18. The van der Waals surface area contributed by atoms with E-state index >= 15 is 0 Å². The monoisotopic (exact) mass is 406 g/mol. The molecule has 4 aromatic rings. The van der Waals surface area contributed by atoms with Crippen molar-refractivity contribution in [1.29, 1.82) is 0 Å². The summed E-state index contributed by atoms with van der Waals surface area (Å²) in [6, 6.07) is 18.1. The van der Waals surface area contributed by atoms with E-state index < -0.39 is 0 Å². The van der Waals surface area contributed by atoms with Crippen molar-refractivity contribution in [2.75, 3.05) is 7.11 Å². The van der Waals surface area contributed by atoms with E-state index in [0.717, 1.165) is 33.5 Å². The van der Waals surface area contributed by atoms with Gasteiger partial charge in [-0.25, -0.2) is 4.39 Å². The highest BCUT2D eigenvalue weighted by atomic mass is 32.2. The van der Waals surface area contributed by atoms with E-state index in [1.165, 1.54) is 12.1 Å². The molecule has 0 aliphatic rings. The van der Waals surface area contributed by atoms with Crippen molar-refractivity contribution in [1.82, 2.24) is 19.7 Å². The van der Waals surface area contributed by atoms with Gasteiger partial charge in [0.25, 0.3) is 0 Å². The van der Waals surface area contributed by atoms with Crippen molar-refractivity contribution in [3.63, 3.8) is 0 Å². The molecule has 2 aromatic carbocycles. The van der Waals surface area contributed by atoms with Gasteiger partial charge in [-0.05, 0) is 61.0 Å². The molecule has 0 aliphatic heterocycles. The summed E-state index contributed by atoms with van der Waals surface area (Å²) in [5.41, 5.74) is 2.87. The summed E-state index contributed by atoms with van der Waals surface area (Å²) in [6.45, 7) is 2.07. The summed E-state index contributed by atoms with van der Waals surface area (Å²) in [5, 5.41) is 9.70. The van der Waals surface area contributed by atoms with Gasteiger partial charge in [0.2, 0.25) is 0 Å². The van der Waals surface area contributed by atoms with Gasteiger partial charge in [-0.1, -0.05) is 23.9 Å². The SMILES string of the molecule is COc1ccc(-n2c(SC(C)c3ccc(F)cc3)nnc2-c2ccncc2)cc1. The van der Waals surface area contributed by atoms with Crippen LogP contribution in [-0.4, -0.2) is 26.9 Å². The third-order valence-electron chi connectivity index (χ3n) is 4.52. The van der Waals surface area contributed by atoms with Gasteiger partial charge in [0, 0.05) is 28.9 Å². The van der Waals surface area contributed by atoms with Crippen LogP contribution in [0.2, 0.25) is 0 Å². The van der Waals surface area contributed by atoms with Crippen molar-refractivity contribution in [2.45, 2.75) is 17.3 Å². The Morgan fingerprint density at radius 2 is 1.62 bits per heavy atom. The fourth-order valence-electron chi connectivity index (χ4n) is 2.96. The van der Waals surface area contributed by atoms with Crippen LogP contribution in [0.3, 0.4) is 0 Å². The van der Waals surface area contributed by atoms with E-state index in [4.69, 9.17) is 4.74 Å². The molecule has 2 aromatic heterocycles. The molecule has 7 heteroatoms. The molecule has 1 atom stereocenters. The first-order valence-corrected chi connectivity index (χ1v) is 9.96. The number of aromatic nitrogens is 4. The second-order valence-electron chi connectivity index (χ2n) is 6.39. The number of ether oxygens (including phenoxy) is 1. The van der Waals surface area contributed by atoms with Crippen LogP contribution < -0.4 is 4.74 Å². The molecule has 29 heavy (non-hydrogen) atoms. The molecule has 0 bridgehead atoms. The predicted molar refractivity (Wildman–Crippen MR) is 112 cm³/mol. The Kier molecular flexibility index (Phi) is 5.57. The number of halogens is 1. The number of hydrogen-bond donors (Lipinski definition) is 0. The van der Waals surface area contributed by atoms with Crippen LogP contribution in [0.1, 0.15) is 17.7 Å². The van der Waals surface area contributed by atoms with Gasteiger partial charge in [-0.3, -0.25) is 9.55 Å². The number of nitrogens with zero attached hydrogens (tertiary/aromatic N) is 4. The number of benzene rings is 2. The van der Waals surface area contributed by atoms with Crippen LogP contribution in [0.5, 0.6) is 5.75 Å². The average molecular weight is 406 g/mol. The lowest BCUT2D eigenvalue weighted by Gasteiger charge is -2.14. The van der Waals surface area contributed by atoms with Crippen LogP contribution in [0.15, 0.2) is 78.2 Å². The highest BCUT2D eigenvalue weighted by Crippen LogP contribution is 2.37. The van der Waals surface area contributed by atoms with Crippen LogP contribution in [0, 0.1) is 5.82 Å². The number of hydrogen-bond acceptors (Lipinski definition) is 5.